The third kappa shape index (κ3) is 7.33. The average molecular weight is 494 g/mol. The Morgan fingerprint density at radius 1 is 0.829 bits per heavy atom. The number of hydrogen-bond acceptors (Lipinski definition) is 5. The molecular weight excluding hydrogens is 466 g/mol. The molecule has 0 aliphatic rings. The number of rotatable bonds is 11. The number of aliphatic hydroxyl groups is 1. The molecule has 0 spiro atoms. The van der Waals surface area contributed by atoms with E-state index in [1.165, 1.54) is 0 Å². The number of hydrogen-bond donors (Lipinski definition) is 4. The fraction of sp³-hybridized carbons (Fsp3) is 0.192. The normalized spacial score (nSPS) is 14.2. The summed E-state index contributed by atoms with van der Waals surface area (Å²) in [5.41, 5.74) is 6.31. The second kappa shape index (κ2) is 12.6. The van der Waals surface area contributed by atoms with Gasteiger partial charge in [0.2, 0.25) is 5.91 Å². The molecule has 0 bridgehead atoms. The van der Waals surface area contributed by atoms with Crippen molar-refractivity contribution in [3.05, 3.63) is 102 Å². The van der Waals surface area contributed by atoms with E-state index < -0.39 is 46.7 Å². The number of nitrogens with one attached hydrogen (secondary N) is 2. The molecule has 0 unspecified atom stereocenters. The molecular formula is C26H27N3O5S. The maximum Gasteiger partial charge on any atom is 0.252 e. The van der Waals surface area contributed by atoms with Crippen molar-refractivity contribution in [1.82, 2.24) is 10.6 Å². The van der Waals surface area contributed by atoms with Crippen LogP contribution >= 0.6 is 0 Å². The van der Waals surface area contributed by atoms with Crippen LogP contribution in [0.15, 0.2) is 95.9 Å². The predicted octanol–water partition coefficient (Wildman–Crippen LogP) is 1.69. The van der Waals surface area contributed by atoms with Crippen LogP contribution in [0, 0.1) is 0 Å². The maximum absolute atomic E-state index is 12.9. The van der Waals surface area contributed by atoms with Crippen LogP contribution in [0.2, 0.25) is 0 Å². The van der Waals surface area contributed by atoms with E-state index in [-0.39, 0.29) is 12.2 Å². The number of benzene rings is 3. The molecule has 4 atom stereocenters. The Kier molecular flexibility index (Phi) is 9.28. The summed E-state index contributed by atoms with van der Waals surface area (Å²) >= 11 is 0. The SMILES string of the molecule is NC(=O)[C@H](CC[S@](=O)c1ccccc1)NC(=O)[C@H](O)[C@@H](NC(=O)c1ccccc1)c1ccccc1. The molecule has 9 heteroatoms. The van der Waals surface area contributed by atoms with E-state index >= 15 is 0 Å². The number of amides is 3. The summed E-state index contributed by atoms with van der Waals surface area (Å²) in [7, 11) is -1.39. The van der Waals surface area contributed by atoms with Crippen molar-refractivity contribution in [2.24, 2.45) is 5.73 Å². The Morgan fingerprint density at radius 2 is 1.37 bits per heavy atom. The first kappa shape index (κ1) is 25.8. The Balaban J connectivity index is 1.71. The minimum Gasteiger partial charge on any atom is -0.381 e. The molecule has 0 fully saturated rings. The van der Waals surface area contributed by atoms with Crippen molar-refractivity contribution in [1.29, 1.82) is 0 Å². The first-order valence-corrected chi connectivity index (χ1v) is 12.3. The van der Waals surface area contributed by atoms with Gasteiger partial charge in [0.1, 0.15) is 6.04 Å². The van der Waals surface area contributed by atoms with Crippen molar-refractivity contribution < 1.29 is 23.7 Å². The monoisotopic (exact) mass is 493 g/mol. The highest BCUT2D eigenvalue weighted by atomic mass is 32.2. The molecule has 5 N–H and O–H groups in total. The lowest BCUT2D eigenvalue weighted by Crippen LogP contribution is -2.52. The lowest BCUT2D eigenvalue weighted by molar-refractivity contribution is -0.134. The van der Waals surface area contributed by atoms with Gasteiger partial charge in [0.15, 0.2) is 6.10 Å². The van der Waals surface area contributed by atoms with Gasteiger partial charge in [-0.15, -0.1) is 0 Å². The molecule has 3 amide bonds. The first-order valence-electron chi connectivity index (χ1n) is 11.0. The molecule has 0 heterocycles. The van der Waals surface area contributed by atoms with Gasteiger partial charge >= 0.3 is 0 Å². The van der Waals surface area contributed by atoms with Crippen molar-refractivity contribution in [2.45, 2.75) is 29.5 Å². The second-order valence-electron chi connectivity index (χ2n) is 7.79. The van der Waals surface area contributed by atoms with Crippen LogP contribution in [0.5, 0.6) is 0 Å². The Morgan fingerprint density at radius 3 is 1.94 bits per heavy atom. The molecule has 3 rings (SSSR count). The number of carbonyl (C=O) groups is 3. The van der Waals surface area contributed by atoms with E-state index in [0.29, 0.717) is 16.0 Å². The van der Waals surface area contributed by atoms with Crippen molar-refractivity contribution in [3.63, 3.8) is 0 Å². The topological polar surface area (TPSA) is 139 Å². The van der Waals surface area contributed by atoms with Gasteiger partial charge in [0.25, 0.3) is 11.8 Å². The summed E-state index contributed by atoms with van der Waals surface area (Å²) in [6, 6.07) is 23.4. The number of nitrogens with two attached hydrogens (primary N) is 1. The third-order valence-corrected chi connectivity index (χ3v) is 6.73. The minimum absolute atomic E-state index is 0.0156. The molecule has 3 aromatic carbocycles. The maximum atomic E-state index is 12.9. The second-order valence-corrected chi connectivity index (χ2v) is 9.36. The predicted molar refractivity (Wildman–Crippen MR) is 133 cm³/mol. The Bertz CT molecular complexity index is 1160. The van der Waals surface area contributed by atoms with Gasteiger partial charge in [-0.2, -0.15) is 0 Å². The van der Waals surface area contributed by atoms with E-state index in [2.05, 4.69) is 10.6 Å². The molecule has 0 aromatic heterocycles. The van der Waals surface area contributed by atoms with Gasteiger partial charge < -0.3 is 21.5 Å². The van der Waals surface area contributed by atoms with Crippen molar-refractivity contribution in [3.8, 4) is 0 Å². The van der Waals surface area contributed by atoms with Crippen LogP contribution in [-0.2, 0) is 20.4 Å². The fourth-order valence-electron chi connectivity index (χ4n) is 3.43. The number of primary amides is 1. The van der Waals surface area contributed by atoms with Crippen LogP contribution in [0.25, 0.3) is 0 Å². The molecule has 35 heavy (non-hydrogen) atoms. The van der Waals surface area contributed by atoms with Gasteiger partial charge in [-0.05, 0) is 36.2 Å². The standard InChI is InChI=1S/C26H27N3O5S/c27-24(31)21(16-17-35(34)20-14-8-3-9-15-20)28-26(33)23(30)22(18-10-4-1-5-11-18)29-25(32)19-12-6-2-7-13-19/h1-15,21-23,30H,16-17H2,(H2,27,31)(H,28,33)(H,29,32)/t21-,22-,23+,35-/m0/s1. The smallest absolute Gasteiger partial charge is 0.252 e. The summed E-state index contributed by atoms with van der Waals surface area (Å²) < 4.78 is 12.5. The van der Waals surface area contributed by atoms with E-state index in [1.54, 1.807) is 91.0 Å². The van der Waals surface area contributed by atoms with Crippen LogP contribution < -0.4 is 16.4 Å². The Hall–Kier alpha value is -3.82. The zero-order valence-corrected chi connectivity index (χ0v) is 19.7. The summed E-state index contributed by atoms with van der Waals surface area (Å²) in [4.78, 5) is 38.2. The van der Waals surface area contributed by atoms with Gasteiger partial charge in [-0.3, -0.25) is 18.6 Å². The van der Waals surface area contributed by atoms with Crippen LogP contribution in [0.4, 0.5) is 0 Å². The summed E-state index contributed by atoms with van der Waals surface area (Å²) in [5, 5.41) is 16.0. The van der Waals surface area contributed by atoms with E-state index in [1.807, 2.05) is 0 Å². The van der Waals surface area contributed by atoms with Crippen LogP contribution in [0.3, 0.4) is 0 Å². The fourth-order valence-corrected chi connectivity index (χ4v) is 4.57. The molecule has 3 aromatic rings. The zero-order chi connectivity index (χ0) is 25.2. The van der Waals surface area contributed by atoms with E-state index in [9.17, 15) is 23.7 Å². The number of aliphatic hydroxyl groups excluding tert-OH is 1. The molecule has 8 nitrogen and oxygen atoms in total. The Labute approximate surface area is 206 Å². The average Bonchev–Trinajstić information content (AvgIpc) is 2.90. The molecule has 0 aliphatic carbocycles. The highest BCUT2D eigenvalue weighted by molar-refractivity contribution is 7.85. The highest BCUT2D eigenvalue weighted by Crippen LogP contribution is 2.19. The minimum atomic E-state index is -1.72. The van der Waals surface area contributed by atoms with Gasteiger partial charge in [0, 0.05) is 16.2 Å². The van der Waals surface area contributed by atoms with E-state index in [4.69, 9.17) is 5.73 Å². The molecule has 0 aliphatic heterocycles. The van der Waals surface area contributed by atoms with Gasteiger partial charge in [0.05, 0.1) is 16.8 Å². The summed E-state index contributed by atoms with van der Waals surface area (Å²) in [6.07, 6.45) is -1.70. The van der Waals surface area contributed by atoms with Crippen molar-refractivity contribution in [2.75, 3.05) is 5.75 Å². The first-order chi connectivity index (χ1) is 16.9. The third-order valence-electron chi connectivity index (χ3n) is 5.32. The van der Waals surface area contributed by atoms with Crippen molar-refractivity contribution >= 4 is 28.5 Å². The molecule has 182 valence electrons. The lowest BCUT2D eigenvalue weighted by Gasteiger charge is -2.25. The molecule has 0 saturated carbocycles. The number of carbonyl (C=O) groups excluding carboxylic acids is 3. The lowest BCUT2D eigenvalue weighted by atomic mass is 9.99. The summed E-state index contributed by atoms with van der Waals surface area (Å²) in [5.74, 6) is -2.10. The highest BCUT2D eigenvalue weighted by Gasteiger charge is 2.31. The summed E-state index contributed by atoms with van der Waals surface area (Å²) in [6.45, 7) is 0. The quantitative estimate of drug-likeness (QED) is 0.322. The van der Waals surface area contributed by atoms with Gasteiger partial charge in [-0.1, -0.05) is 66.7 Å². The van der Waals surface area contributed by atoms with Crippen LogP contribution in [0.1, 0.15) is 28.4 Å². The van der Waals surface area contributed by atoms with E-state index in [0.717, 1.165) is 0 Å². The van der Waals surface area contributed by atoms with Crippen LogP contribution in [-0.4, -0.2) is 44.9 Å². The molecule has 0 radical (unpaired) electrons. The van der Waals surface area contributed by atoms with Gasteiger partial charge in [-0.25, -0.2) is 0 Å². The largest absolute Gasteiger partial charge is 0.381 e. The zero-order valence-electron chi connectivity index (χ0n) is 18.9. The molecule has 0 saturated heterocycles.